The van der Waals surface area contributed by atoms with E-state index in [9.17, 15) is 8.42 Å². The van der Waals surface area contributed by atoms with Crippen molar-refractivity contribution in [1.82, 2.24) is 14.5 Å². The maximum atomic E-state index is 12.2. The summed E-state index contributed by atoms with van der Waals surface area (Å²) in [6.45, 7) is 2.06. The number of hydrogen-bond acceptors (Lipinski definition) is 4. The number of aryl methyl sites for hydroxylation is 2. The van der Waals surface area contributed by atoms with E-state index in [0.717, 1.165) is 5.69 Å². The van der Waals surface area contributed by atoms with Gasteiger partial charge in [0.15, 0.2) is 0 Å². The topological polar surface area (TPSA) is 90.0 Å². The second-order valence-corrected chi connectivity index (χ2v) is 6.35. The molecule has 1 aromatic carbocycles. The zero-order valence-electron chi connectivity index (χ0n) is 11.5. The molecule has 20 heavy (non-hydrogen) atoms. The number of benzene rings is 1. The van der Waals surface area contributed by atoms with Crippen LogP contribution in [0.2, 0.25) is 0 Å². The number of rotatable bonds is 5. The lowest BCUT2D eigenvalue weighted by Gasteiger charge is -2.10. The maximum Gasteiger partial charge on any atom is 0.240 e. The van der Waals surface area contributed by atoms with Gasteiger partial charge in [0.2, 0.25) is 10.0 Å². The van der Waals surface area contributed by atoms with Crippen molar-refractivity contribution in [2.24, 2.45) is 7.05 Å². The minimum absolute atomic E-state index is 0.225. The number of sulfonamides is 1. The molecule has 0 fully saturated rings. The van der Waals surface area contributed by atoms with Crippen molar-refractivity contribution in [3.05, 3.63) is 41.7 Å². The minimum atomic E-state index is -3.54. The van der Waals surface area contributed by atoms with Crippen molar-refractivity contribution >= 4 is 15.7 Å². The smallest absolute Gasteiger partial charge is 0.240 e. The molecule has 0 atom stereocenters. The molecule has 2 aromatic rings. The average Bonchev–Trinajstić information content (AvgIpc) is 2.78. The van der Waals surface area contributed by atoms with E-state index in [2.05, 4.69) is 9.82 Å². The van der Waals surface area contributed by atoms with Gasteiger partial charge in [0.1, 0.15) is 0 Å². The van der Waals surface area contributed by atoms with Crippen LogP contribution in [0, 0.1) is 6.92 Å². The molecule has 7 heteroatoms. The highest BCUT2D eigenvalue weighted by atomic mass is 32.2. The first-order chi connectivity index (χ1) is 9.40. The van der Waals surface area contributed by atoms with Crippen LogP contribution in [0.1, 0.15) is 11.3 Å². The molecule has 0 aliphatic rings. The predicted octanol–water partition coefficient (Wildman–Crippen LogP) is 0.832. The molecule has 6 nitrogen and oxygen atoms in total. The van der Waals surface area contributed by atoms with Gasteiger partial charge in [-0.1, -0.05) is 6.07 Å². The highest BCUT2D eigenvalue weighted by molar-refractivity contribution is 7.89. The summed E-state index contributed by atoms with van der Waals surface area (Å²) in [5.41, 5.74) is 7.72. The van der Waals surface area contributed by atoms with Crippen molar-refractivity contribution in [3.63, 3.8) is 0 Å². The Morgan fingerprint density at radius 2 is 2.10 bits per heavy atom. The van der Waals surface area contributed by atoms with Crippen LogP contribution in [-0.2, 0) is 23.5 Å². The van der Waals surface area contributed by atoms with E-state index in [4.69, 9.17) is 5.73 Å². The molecule has 0 aliphatic carbocycles. The number of nitrogens with one attached hydrogen (secondary N) is 1. The summed E-state index contributed by atoms with van der Waals surface area (Å²) in [6, 6.07) is 6.72. The van der Waals surface area contributed by atoms with E-state index in [0.29, 0.717) is 24.2 Å². The van der Waals surface area contributed by atoms with Crippen LogP contribution in [0.15, 0.2) is 35.4 Å². The number of hydrogen-bond donors (Lipinski definition) is 2. The Hall–Kier alpha value is -1.86. The monoisotopic (exact) mass is 294 g/mol. The van der Waals surface area contributed by atoms with Gasteiger partial charge < -0.3 is 5.73 Å². The molecule has 3 N–H and O–H groups in total. The van der Waals surface area contributed by atoms with Crippen LogP contribution in [-0.4, -0.2) is 24.7 Å². The number of nitrogens with zero attached hydrogens (tertiary/aromatic N) is 2. The molecule has 0 spiro atoms. The Morgan fingerprint density at radius 1 is 1.35 bits per heavy atom. The lowest BCUT2D eigenvalue weighted by Crippen LogP contribution is -2.27. The van der Waals surface area contributed by atoms with Gasteiger partial charge in [0, 0.05) is 37.6 Å². The van der Waals surface area contributed by atoms with Crippen LogP contribution in [0.25, 0.3) is 0 Å². The molecule has 2 rings (SSSR count). The Balaban J connectivity index is 2.08. The molecule has 1 aromatic heterocycles. The lowest BCUT2D eigenvalue weighted by molar-refractivity contribution is 0.579. The standard InChI is InChI=1S/C13H18N4O2S/c1-10-3-4-11(14)9-13(10)20(18,19)16-8-6-12-5-7-15-17(12)2/h3-5,7,9,16H,6,8,14H2,1-2H3. The van der Waals surface area contributed by atoms with Crippen LogP contribution < -0.4 is 10.5 Å². The third-order valence-corrected chi connectivity index (χ3v) is 4.70. The zero-order valence-corrected chi connectivity index (χ0v) is 12.3. The summed E-state index contributed by atoms with van der Waals surface area (Å²) in [5.74, 6) is 0. The molecule has 0 unspecified atom stereocenters. The summed E-state index contributed by atoms with van der Waals surface area (Å²) in [6.07, 6.45) is 2.27. The fraction of sp³-hybridized carbons (Fsp3) is 0.308. The van der Waals surface area contributed by atoms with Gasteiger partial charge in [-0.05, 0) is 30.7 Å². The van der Waals surface area contributed by atoms with E-state index in [1.54, 1.807) is 29.9 Å². The van der Waals surface area contributed by atoms with Gasteiger partial charge in [-0.2, -0.15) is 5.10 Å². The van der Waals surface area contributed by atoms with Crippen molar-refractivity contribution in [2.45, 2.75) is 18.2 Å². The second kappa shape index (κ2) is 5.64. The van der Waals surface area contributed by atoms with E-state index >= 15 is 0 Å². The Bertz CT molecular complexity index is 707. The average molecular weight is 294 g/mol. The van der Waals surface area contributed by atoms with Crippen molar-refractivity contribution in [3.8, 4) is 0 Å². The molecule has 1 heterocycles. The normalized spacial score (nSPS) is 11.7. The molecular formula is C13H18N4O2S. The van der Waals surface area contributed by atoms with Crippen LogP contribution in [0.4, 0.5) is 5.69 Å². The third kappa shape index (κ3) is 3.17. The summed E-state index contributed by atoms with van der Waals surface area (Å²) in [5, 5.41) is 4.04. The van der Waals surface area contributed by atoms with Gasteiger partial charge >= 0.3 is 0 Å². The highest BCUT2D eigenvalue weighted by Crippen LogP contribution is 2.17. The van der Waals surface area contributed by atoms with Crippen molar-refractivity contribution in [1.29, 1.82) is 0 Å². The Labute approximate surface area is 118 Å². The Kier molecular flexibility index (Phi) is 4.10. The van der Waals surface area contributed by atoms with Crippen LogP contribution in [0.3, 0.4) is 0 Å². The van der Waals surface area contributed by atoms with E-state index in [1.807, 2.05) is 13.1 Å². The number of nitrogen functional groups attached to an aromatic ring is 1. The van der Waals surface area contributed by atoms with E-state index in [1.165, 1.54) is 6.07 Å². The Morgan fingerprint density at radius 3 is 2.75 bits per heavy atom. The van der Waals surface area contributed by atoms with Crippen LogP contribution in [0.5, 0.6) is 0 Å². The predicted molar refractivity (Wildman–Crippen MR) is 77.7 cm³/mol. The van der Waals surface area contributed by atoms with Crippen molar-refractivity contribution < 1.29 is 8.42 Å². The first-order valence-electron chi connectivity index (χ1n) is 6.23. The van der Waals surface area contributed by atoms with Crippen LogP contribution >= 0.6 is 0 Å². The molecular weight excluding hydrogens is 276 g/mol. The molecule has 0 aliphatic heterocycles. The second-order valence-electron chi connectivity index (χ2n) is 4.62. The maximum absolute atomic E-state index is 12.2. The number of nitrogens with two attached hydrogens (primary N) is 1. The fourth-order valence-electron chi connectivity index (χ4n) is 1.94. The highest BCUT2D eigenvalue weighted by Gasteiger charge is 2.16. The van der Waals surface area contributed by atoms with E-state index < -0.39 is 10.0 Å². The minimum Gasteiger partial charge on any atom is -0.399 e. The van der Waals surface area contributed by atoms with Gasteiger partial charge in [0.25, 0.3) is 0 Å². The number of anilines is 1. The summed E-state index contributed by atoms with van der Waals surface area (Å²) in [7, 11) is -1.71. The first-order valence-corrected chi connectivity index (χ1v) is 7.71. The molecule has 0 bridgehead atoms. The quantitative estimate of drug-likeness (QED) is 0.799. The largest absolute Gasteiger partial charge is 0.399 e. The SMILES string of the molecule is Cc1ccc(N)cc1S(=O)(=O)NCCc1ccnn1C. The molecule has 0 amide bonds. The van der Waals surface area contributed by atoms with Gasteiger partial charge in [-0.25, -0.2) is 13.1 Å². The first kappa shape index (κ1) is 14.5. The van der Waals surface area contributed by atoms with E-state index in [-0.39, 0.29) is 4.90 Å². The molecule has 0 saturated heterocycles. The van der Waals surface area contributed by atoms with Crippen molar-refractivity contribution in [2.75, 3.05) is 12.3 Å². The number of aromatic nitrogens is 2. The zero-order chi connectivity index (χ0) is 14.8. The van der Waals surface area contributed by atoms with Gasteiger partial charge in [0.05, 0.1) is 4.90 Å². The fourth-order valence-corrected chi connectivity index (χ4v) is 3.25. The lowest BCUT2D eigenvalue weighted by atomic mass is 10.2. The molecule has 0 saturated carbocycles. The molecule has 108 valence electrons. The third-order valence-electron chi connectivity index (χ3n) is 3.10. The van der Waals surface area contributed by atoms with Gasteiger partial charge in [-0.3, -0.25) is 4.68 Å². The summed E-state index contributed by atoms with van der Waals surface area (Å²) >= 11 is 0. The van der Waals surface area contributed by atoms with Gasteiger partial charge in [-0.15, -0.1) is 0 Å². The molecule has 0 radical (unpaired) electrons. The summed E-state index contributed by atoms with van der Waals surface area (Å²) < 4.78 is 28.8. The summed E-state index contributed by atoms with van der Waals surface area (Å²) in [4.78, 5) is 0.225.